The predicted molar refractivity (Wildman–Crippen MR) is 118 cm³/mol. The van der Waals surface area contributed by atoms with E-state index in [-0.39, 0.29) is 35.3 Å². The highest BCUT2D eigenvalue weighted by Gasteiger charge is 2.39. The summed E-state index contributed by atoms with van der Waals surface area (Å²) >= 11 is 0. The second kappa shape index (κ2) is 11.2. The second-order valence-electron chi connectivity index (χ2n) is 7.21. The lowest BCUT2D eigenvalue weighted by Gasteiger charge is -2.45. The fraction of sp³-hybridized carbons (Fsp3) is 0.650. The molecule has 2 aliphatic rings. The third kappa shape index (κ3) is 6.29. The van der Waals surface area contributed by atoms with Crippen LogP contribution in [-0.4, -0.2) is 55.8 Å². The molecule has 0 amide bonds. The van der Waals surface area contributed by atoms with Gasteiger partial charge < -0.3 is 15.4 Å². The first kappa shape index (κ1) is 22.4. The summed E-state index contributed by atoms with van der Waals surface area (Å²) in [6.07, 6.45) is 4.69. The van der Waals surface area contributed by atoms with E-state index in [1.807, 2.05) is 6.07 Å². The summed E-state index contributed by atoms with van der Waals surface area (Å²) in [5.74, 6) is 0.577. The lowest BCUT2D eigenvalue weighted by Crippen LogP contribution is -2.58. The summed E-state index contributed by atoms with van der Waals surface area (Å²) in [5.41, 5.74) is 1.03. The van der Waals surface area contributed by atoms with Gasteiger partial charge in [-0.05, 0) is 63.4 Å². The molecular weight excluding hydrogens is 458 g/mol. The number of nitrogens with one attached hydrogen (secondary N) is 2. The third-order valence-corrected chi connectivity index (χ3v) is 5.44. The van der Waals surface area contributed by atoms with Gasteiger partial charge in [0.15, 0.2) is 5.96 Å². The Morgan fingerprint density at radius 2 is 1.96 bits per heavy atom. The molecule has 2 aliphatic heterocycles. The normalized spacial score (nSPS) is 20.1. The van der Waals surface area contributed by atoms with E-state index in [1.54, 1.807) is 6.07 Å². The molecule has 27 heavy (non-hydrogen) atoms. The van der Waals surface area contributed by atoms with Crippen molar-refractivity contribution < 1.29 is 9.13 Å². The molecule has 0 aromatic heterocycles. The minimum Gasteiger partial charge on any atom is -0.381 e. The van der Waals surface area contributed by atoms with E-state index in [4.69, 9.17) is 4.74 Å². The van der Waals surface area contributed by atoms with E-state index in [0.717, 1.165) is 50.7 Å². The number of halogens is 2. The molecule has 2 fully saturated rings. The highest BCUT2D eigenvalue weighted by molar-refractivity contribution is 14.0. The molecule has 1 aromatic carbocycles. The van der Waals surface area contributed by atoms with Gasteiger partial charge in [-0.3, -0.25) is 4.90 Å². The van der Waals surface area contributed by atoms with Gasteiger partial charge >= 0.3 is 0 Å². The molecule has 0 spiro atoms. The van der Waals surface area contributed by atoms with Gasteiger partial charge in [0.2, 0.25) is 0 Å². The van der Waals surface area contributed by atoms with Crippen molar-refractivity contribution in [2.75, 3.05) is 39.4 Å². The van der Waals surface area contributed by atoms with Crippen LogP contribution in [0.4, 0.5) is 4.39 Å². The summed E-state index contributed by atoms with van der Waals surface area (Å²) in [6.45, 7) is 8.21. The van der Waals surface area contributed by atoms with Crippen LogP contribution in [-0.2, 0) is 11.3 Å². The van der Waals surface area contributed by atoms with Gasteiger partial charge in [0.25, 0.3) is 0 Å². The topological polar surface area (TPSA) is 48.9 Å². The summed E-state index contributed by atoms with van der Waals surface area (Å²) in [7, 11) is 0. The SMILES string of the molecule is CCNC(=NCc1cccc(F)c1)NCC1(N2CCCC2)CCOCC1.I. The lowest BCUT2D eigenvalue weighted by molar-refractivity contribution is -0.0164. The van der Waals surface area contributed by atoms with E-state index < -0.39 is 0 Å². The molecule has 2 saturated heterocycles. The molecule has 0 saturated carbocycles. The number of guanidine groups is 1. The molecular formula is C20H32FIN4O. The first-order chi connectivity index (χ1) is 12.7. The molecule has 2 N–H and O–H groups in total. The molecule has 0 aliphatic carbocycles. The number of ether oxygens (including phenoxy) is 1. The van der Waals surface area contributed by atoms with Crippen LogP contribution in [0.15, 0.2) is 29.3 Å². The molecule has 0 bridgehead atoms. The zero-order valence-electron chi connectivity index (χ0n) is 16.2. The molecule has 0 unspecified atom stereocenters. The number of nitrogens with zero attached hydrogens (tertiary/aromatic N) is 2. The number of benzene rings is 1. The minimum atomic E-state index is -0.217. The lowest BCUT2D eigenvalue weighted by atomic mass is 9.88. The van der Waals surface area contributed by atoms with Gasteiger partial charge in [-0.1, -0.05) is 12.1 Å². The van der Waals surface area contributed by atoms with Gasteiger partial charge in [0.1, 0.15) is 5.82 Å². The molecule has 2 heterocycles. The standard InChI is InChI=1S/C20H31FN4O.HI/c1-2-22-19(23-15-17-6-5-7-18(21)14-17)24-16-20(8-12-26-13-9-20)25-10-3-4-11-25;/h5-7,14H,2-4,8-13,15-16H2,1H3,(H2,22,23,24);1H. The fourth-order valence-corrected chi connectivity index (χ4v) is 3.94. The van der Waals surface area contributed by atoms with Crippen molar-refractivity contribution in [2.45, 2.75) is 44.7 Å². The van der Waals surface area contributed by atoms with Crippen molar-refractivity contribution in [1.82, 2.24) is 15.5 Å². The molecule has 1 aromatic rings. The van der Waals surface area contributed by atoms with E-state index in [2.05, 4.69) is 27.4 Å². The van der Waals surface area contributed by atoms with Gasteiger partial charge in [-0.25, -0.2) is 9.38 Å². The maximum Gasteiger partial charge on any atom is 0.191 e. The summed E-state index contributed by atoms with van der Waals surface area (Å²) in [5, 5.41) is 6.85. The van der Waals surface area contributed by atoms with E-state index >= 15 is 0 Å². The summed E-state index contributed by atoms with van der Waals surface area (Å²) in [4.78, 5) is 7.28. The van der Waals surface area contributed by atoms with E-state index in [1.165, 1.54) is 38.1 Å². The zero-order chi connectivity index (χ0) is 18.2. The molecule has 0 radical (unpaired) electrons. The van der Waals surface area contributed by atoms with Crippen molar-refractivity contribution >= 4 is 29.9 Å². The van der Waals surface area contributed by atoms with Crippen molar-refractivity contribution in [3.05, 3.63) is 35.6 Å². The van der Waals surface area contributed by atoms with E-state index in [9.17, 15) is 4.39 Å². The van der Waals surface area contributed by atoms with Crippen LogP contribution in [0.25, 0.3) is 0 Å². The van der Waals surface area contributed by atoms with E-state index in [0.29, 0.717) is 6.54 Å². The van der Waals surface area contributed by atoms with Gasteiger partial charge in [0, 0.05) is 31.8 Å². The minimum absolute atomic E-state index is 0. The molecule has 3 rings (SSSR count). The van der Waals surface area contributed by atoms with Crippen LogP contribution in [0.1, 0.15) is 38.2 Å². The quantitative estimate of drug-likeness (QED) is 0.366. The molecule has 152 valence electrons. The average molecular weight is 490 g/mol. The molecule has 0 atom stereocenters. The fourth-order valence-electron chi connectivity index (χ4n) is 3.94. The van der Waals surface area contributed by atoms with Crippen LogP contribution >= 0.6 is 24.0 Å². The van der Waals surface area contributed by atoms with Crippen LogP contribution < -0.4 is 10.6 Å². The van der Waals surface area contributed by atoms with Gasteiger partial charge in [0.05, 0.1) is 6.54 Å². The second-order valence-corrected chi connectivity index (χ2v) is 7.21. The Kier molecular flexibility index (Phi) is 9.25. The van der Waals surface area contributed by atoms with Crippen LogP contribution in [0, 0.1) is 5.82 Å². The monoisotopic (exact) mass is 490 g/mol. The smallest absolute Gasteiger partial charge is 0.191 e. The van der Waals surface area contributed by atoms with Crippen molar-refractivity contribution in [3.63, 3.8) is 0 Å². The number of rotatable bonds is 6. The Morgan fingerprint density at radius 3 is 2.63 bits per heavy atom. The molecule has 7 heteroatoms. The number of likely N-dealkylation sites (tertiary alicyclic amines) is 1. The maximum absolute atomic E-state index is 13.4. The Morgan fingerprint density at radius 1 is 1.22 bits per heavy atom. The number of hydrogen-bond donors (Lipinski definition) is 2. The predicted octanol–water partition coefficient (Wildman–Crippen LogP) is 3.14. The Balaban J connectivity index is 0.00000261. The zero-order valence-corrected chi connectivity index (χ0v) is 18.5. The third-order valence-electron chi connectivity index (χ3n) is 5.44. The highest BCUT2D eigenvalue weighted by Crippen LogP contribution is 2.30. The van der Waals surface area contributed by atoms with Crippen molar-refractivity contribution in [3.8, 4) is 0 Å². The Hall–Kier alpha value is -0.930. The van der Waals surface area contributed by atoms with Crippen LogP contribution in [0.2, 0.25) is 0 Å². The van der Waals surface area contributed by atoms with Crippen molar-refractivity contribution in [2.24, 2.45) is 4.99 Å². The van der Waals surface area contributed by atoms with Crippen LogP contribution in [0.5, 0.6) is 0 Å². The maximum atomic E-state index is 13.4. The van der Waals surface area contributed by atoms with Gasteiger partial charge in [-0.2, -0.15) is 0 Å². The van der Waals surface area contributed by atoms with Crippen LogP contribution in [0.3, 0.4) is 0 Å². The number of hydrogen-bond acceptors (Lipinski definition) is 3. The summed E-state index contributed by atoms with van der Waals surface area (Å²) < 4.78 is 19.0. The van der Waals surface area contributed by atoms with Gasteiger partial charge in [-0.15, -0.1) is 24.0 Å². The Labute approximate surface area is 179 Å². The highest BCUT2D eigenvalue weighted by atomic mass is 127. The first-order valence-corrected chi connectivity index (χ1v) is 9.81. The van der Waals surface area contributed by atoms with Crippen molar-refractivity contribution in [1.29, 1.82) is 0 Å². The largest absolute Gasteiger partial charge is 0.381 e. The summed E-state index contributed by atoms with van der Waals surface area (Å²) in [6, 6.07) is 6.63. The first-order valence-electron chi connectivity index (χ1n) is 9.81. The Bertz CT molecular complexity index is 601. The average Bonchev–Trinajstić information content (AvgIpc) is 3.20. The number of aliphatic imine (C=N–C) groups is 1. The molecule has 5 nitrogen and oxygen atoms in total.